The van der Waals surface area contributed by atoms with Crippen LogP contribution in [0.25, 0.3) is 0 Å². The monoisotopic (exact) mass is 223 g/mol. The Bertz CT molecular complexity index is 313. The van der Waals surface area contributed by atoms with Gasteiger partial charge in [0.05, 0.1) is 0 Å². The molecule has 1 rings (SSSR count). The number of aliphatic hydroxyl groups is 1. The number of para-hydroxylation sites is 1. The van der Waals surface area contributed by atoms with Crippen LogP contribution in [0.15, 0.2) is 30.3 Å². The van der Waals surface area contributed by atoms with Crippen LogP contribution in [0.1, 0.15) is 19.8 Å². The summed E-state index contributed by atoms with van der Waals surface area (Å²) in [5, 5.41) is 11.3. The summed E-state index contributed by atoms with van der Waals surface area (Å²) in [4.78, 5) is 11.4. The third kappa shape index (κ3) is 4.79. The molecular formula is C12H17NO3. The molecule has 0 bridgehead atoms. The molecule has 0 radical (unpaired) electrons. The van der Waals surface area contributed by atoms with Crippen molar-refractivity contribution in [2.24, 2.45) is 0 Å². The van der Waals surface area contributed by atoms with E-state index in [1.54, 1.807) is 24.3 Å². The standard InChI is InChI=1S/C12H17NO3/c1-10(6-5-9-14)13-12(15)16-11-7-3-2-4-8-11/h2-4,7-8,10,14H,5-6,9H2,1H3,(H,13,15). The molecule has 1 unspecified atom stereocenters. The Kier molecular flexibility index (Phi) is 5.36. The molecule has 1 atom stereocenters. The van der Waals surface area contributed by atoms with Gasteiger partial charge < -0.3 is 15.2 Å². The van der Waals surface area contributed by atoms with E-state index in [2.05, 4.69) is 5.32 Å². The summed E-state index contributed by atoms with van der Waals surface area (Å²) < 4.78 is 5.05. The first-order valence-electron chi connectivity index (χ1n) is 5.36. The molecule has 2 N–H and O–H groups in total. The third-order valence-corrected chi connectivity index (χ3v) is 2.11. The maximum Gasteiger partial charge on any atom is 0.412 e. The van der Waals surface area contributed by atoms with Crippen LogP contribution in [-0.2, 0) is 0 Å². The minimum absolute atomic E-state index is 0.00311. The van der Waals surface area contributed by atoms with Crippen molar-refractivity contribution in [1.29, 1.82) is 0 Å². The fourth-order valence-corrected chi connectivity index (χ4v) is 1.30. The molecule has 4 nitrogen and oxygen atoms in total. The average Bonchev–Trinajstić information content (AvgIpc) is 2.27. The number of aliphatic hydroxyl groups excluding tert-OH is 1. The largest absolute Gasteiger partial charge is 0.412 e. The second-order valence-electron chi connectivity index (χ2n) is 3.61. The Morgan fingerprint density at radius 2 is 2.12 bits per heavy atom. The average molecular weight is 223 g/mol. The Morgan fingerprint density at radius 1 is 1.44 bits per heavy atom. The molecule has 0 saturated heterocycles. The van der Waals surface area contributed by atoms with Gasteiger partial charge in [-0.15, -0.1) is 0 Å². The van der Waals surface area contributed by atoms with E-state index >= 15 is 0 Å². The van der Waals surface area contributed by atoms with Crippen LogP contribution in [0.3, 0.4) is 0 Å². The predicted octanol–water partition coefficient (Wildman–Crippen LogP) is 1.94. The van der Waals surface area contributed by atoms with Crippen LogP contribution in [0.5, 0.6) is 5.75 Å². The molecule has 0 spiro atoms. The first-order valence-corrected chi connectivity index (χ1v) is 5.36. The van der Waals surface area contributed by atoms with Crippen molar-refractivity contribution in [2.45, 2.75) is 25.8 Å². The summed E-state index contributed by atoms with van der Waals surface area (Å²) >= 11 is 0. The third-order valence-electron chi connectivity index (χ3n) is 2.11. The van der Waals surface area contributed by atoms with E-state index < -0.39 is 6.09 Å². The Labute approximate surface area is 95.2 Å². The number of carbonyl (C=O) groups is 1. The van der Waals surface area contributed by atoms with Gasteiger partial charge in [-0.3, -0.25) is 0 Å². The molecule has 88 valence electrons. The molecule has 0 fully saturated rings. The van der Waals surface area contributed by atoms with Crippen LogP contribution < -0.4 is 10.1 Å². The van der Waals surface area contributed by atoms with Crippen molar-refractivity contribution in [3.8, 4) is 5.75 Å². The molecule has 1 aromatic carbocycles. The Hall–Kier alpha value is -1.55. The fraction of sp³-hybridized carbons (Fsp3) is 0.417. The summed E-state index contributed by atoms with van der Waals surface area (Å²) in [6, 6.07) is 8.91. The molecule has 0 aliphatic rings. The van der Waals surface area contributed by atoms with Crippen LogP contribution in [0.2, 0.25) is 0 Å². The molecule has 1 amide bonds. The van der Waals surface area contributed by atoms with Gasteiger partial charge in [0.1, 0.15) is 5.75 Å². The van der Waals surface area contributed by atoms with E-state index in [-0.39, 0.29) is 12.6 Å². The highest BCUT2D eigenvalue weighted by Crippen LogP contribution is 2.08. The van der Waals surface area contributed by atoms with Gasteiger partial charge in [-0.25, -0.2) is 4.79 Å². The van der Waals surface area contributed by atoms with Gasteiger partial charge in [0.25, 0.3) is 0 Å². The summed E-state index contributed by atoms with van der Waals surface area (Å²) in [6.45, 7) is 2.02. The number of hydrogen-bond acceptors (Lipinski definition) is 3. The topological polar surface area (TPSA) is 58.6 Å². The van der Waals surface area contributed by atoms with Gasteiger partial charge in [0.15, 0.2) is 0 Å². The van der Waals surface area contributed by atoms with Crippen molar-refractivity contribution in [3.63, 3.8) is 0 Å². The quantitative estimate of drug-likeness (QED) is 0.802. The number of nitrogens with one attached hydrogen (secondary N) is 1. The van der Waals surface area contributed by atoms with Crippen molar-refractivity contribution in [2.75, 3.05) is 6.61 Å². The van der Waals surface area contributed by atoms with Crippen LogP contribution in [0.4, 0.5) is 4.79 Å². The first-order chi connectivity index (χ1) is 7.72. The van der Waals surface area contributed by atoms with Gasteiger partial charge in [0.2, 0.25) is 0 Å². The summed E-state index contributed by atoms with van der Waals surface area (Å²) in [6.07, 6.45) is 0.948. The summed E-state index contributed by atoms with van der Waals surface area (Å²) in [5.41, 5.74) is 0. The Morgan fingerprint density at radius 3 is 2.75 bits per heavy atom. The predicted molar refractivity (Wildman–Crippen MR) is 61.4 cm³/mol. The highest BCUT2D eigenvalue weighted by atomic mass is 16.6. The summed E-state index contributed by atoms with van der Waals surface area (Å²) in [5.74, 6) is 0.523. The number of carbonyl (C=O) groups excluding carboxylic acids is 1. The van der Waals surface area contributed by atoms with Crippen molar-refractivity contribution in [3.05, 3.63) is 30.3 Å². The van der Waals surface area contributed by atoms with Crippen LogP contribution in [0, 0.1) is 0 Å². The number of amides is 1. The fourth-order valence-electron chi connectivity index (χ4n) is 1.30. The second-order valence-corrected chi connectivity index (χ2v) is 3.61. The van der Waals surface area contributed by atoms with E-state index in [0.717, 1.165) is 6.42 Å². The number of benzene rings is 1. The lowest BCUT2D eigenvalue weighted by Crippen LogP contribution is -2.34. The second kappa shape index (κ2) is 6.85. The van der Waals surface area contributed by atoms with E-state index in [1.807, 2.05) is 13.0 Å². The van der Waals surface area contributed by atoms with Gasteiger partial charge in [0, 0.05) is 12.6 Å². The van der Waals surface area contributed by atoms with Gasteiger partial charge in [-0.1, -0.05) is 18.2 Å². The zero-order valence-electron chi connectivity index (χ0n) is 9.35. The van der Waals surface area contributed by atoms with E-state index in [9.17, 15) is 4.79 Å². The molecular weight excluding hydrogens is 206 g/mol. The normalized spacial score (nSPS) is 11.9. The highest BCUT2D eigenvalue weighted by Gasteiger charge is 2.08. The van der Waals surface area contributed by atoms with E-state index in [0.29, 0.717) is 12.2 Å². The van der Waals surface area contributed by atoms with Crippen molar-refractivity contribution in [1.82, 2.24) is 5.32 Å². The SMILES string of the molecule is CC(CCCO)NC(=O)Oc1ccccc1. The molecule has 0 saturated carbocycles. The molecule has 0 aliphatic carbocycles. The highest BCUT2D eigenvalue weighted by molar-refractivity contribution is 5.70. The minimum Gasteiger partial charge on any atom is -0.410 e. The van der Waals surface area contributed by atoms with Crippen molar-refractivity contribution >= 4 is 6.09 Å². The lowest BCUT2D eigenvalue weighted by atomic mass is 10.2. The Balaban J connectivity index is 2.31. The molecule has 4 heteroatoms. The van der Waals surface area contributed by atoms with E-state index in [1.165, 1.54) is 0 Å². The minimum atomic E-state index is -0.461. The molecule has 16 heavy (non-hydrogen) atoms. The molecule has 0 heterocycles. The maximum atomic E-state index is 11.4. The molecule has 0 aromatic heterocycles. The summed E-state index contributed by atoms with van der Waals surface area (Å²) in [7, 11) is 0. The van der Waals surface area contributed by atoms with Gasteiger partial charge in [-0.05, 0) is 31.9 Å². The van der Waals surface area contributed by atoms with Gasteiger partial charge >= 0.3 is 6.09 Å². The van der Waals surface area contributed by atoms with Crippen LogP contribution in [-0.4, -0.2) is 23.8 Å². The van der Waals surface area contributed by atoms with Gasteiger partial charge in [-0.2, -0.15) is 0 Å². The van der Waals surface area contributed by atoms with Crippen molar-refractivity contribution < 1.29 is 14.6 Å². The number of hydrogen-bond donors (Lipinski definition) is 2. The maximum absolute atomic E-state index is 11.4. The lowest BCUT2D eigenvalue weighted by molar-refractivity contribution is 0.194. The lowest BCUT2D eigenvalue weighted by Gasteiger charge is -2.12. The number of ether oxygens (including phenoxy) is 1. The zero-order chi connectivity index (χ0) is 11.8. The van der Waals surface area contributed by atoms with Crippen LogP contribution >= 0.6 is 0 Å². The first kappa shape index (κ1) is 12.5. The molecule has 1 aromatic rings. The smallest absolute Gasteiger partial charge is 0.410 e. The number of rotatable bonds is 5. The zero-order valence-corrected chi connectivity index (χ0v) is 9.35. The molecule has 0 aliphatic heterocycles. The van der Waals surface area contributed by atoms with E-state index in [4.69, 9.17) is 9.84 Å².